The fraction of sp³-hybridized carbons (Fsp3) is 0.190. The second kappa shape index (κ2) is 9.19. The van der Waals surface area contributed by atoms with Crippen molar-refractivity contribution in [2.45, 2.75) is 0 Å². The molecule has 0 aromatic heterocycles. The van der Waals surface area contributed by atoms with Crippen LogP contribution in [-0.2, 0) is 9.53 Å². The van der Waals surface area contributed by atoms with Crippen LogP contribution in [0.3, 0.4) is 0 Å². The zero-order chi connectivity index (χ0) is 19.9. The quantitative estimate of drug-likeness (QED) is 0.509. The summed E-state index contributed by atoms with van der Waals surface area (Å²) in [5.74, 6) is 1.97. The molecule has 0 saturated carbocycles. The maximum absolute atomic E-state index is 11.9. The van der Waals surface area contributed by atoms with Crippen LogP contribution in [0.1, 0.15) is 11.1 Å². The van der Waals surface area contributed by atoms with E-state index in [1.165, 1.54) is 6.08 Å². The number of esters is 1. The van der Waals surface area contributed by atoms with Gasteiger partial charge in [0.05, 0.1) is 19.3 Å². The monoisotopic (exact) mass is 402 g/mol. The number of carbonyl (C=O) groups is 1. The fourth-order valence-electron chi connectivity index (χ4n) is 2.54. The van der Waals surface area contributed by atoms with Crippen molar-refractivity contribution in [1.82, 2.24) is 0 Å². The minimum absolute atomic E-state index is 0.106. The first-order valence-electron chi connectivity index (χ1n) is 8.43. The summed E-state index contributed by atoms with van der Waals surface area (Å²) in [6.45, 7) is 0.281. The number of carbonyl (C=O) groups excluding carboxylic acids is 1. The average Bonchev–Trinajstić information content (AvgIpc) is 3.18. The third kappa shape index (κ3) is 4.78. The number of halogens is 1. The van der Waals surface area contributed by atoms with Gasteiger partial charge in [0.2, 0.25) is 6.79 Å². The van der Waals surface area contributed by atoms with Crippen LogP contribution >= 0.6 is 11.6 Å². The lowest BCUT2D eigenvalue weighted by atomic mass is 10.2. The van der Waals surface area contributed by atoms with Gasteiger partial charge in [-0.3, -0.25) is 0 Å². The molecule has 1 aliphatic rings. The molecule has 0 bridgehead atoms. The van der Waals surface area contributed by atoms with Gasteiger partial charge >= 0.3 is 5.97 Å². The van der Waals surface area contributed by atoms with Crippen LogP contribution in [0.2, 0.25) is 0 Å². The number of methoxy groups -OCH3 is 2. The van der Waals surface area contributed by atoms with E-state index >= 15 is 0 Å². The second-order valence-electron chi connectivity index (χ2n) is 5.71. The zero-order valence-corrected chi connectivity index (χ0v) is 16.2. The summed E-state index contributed by atoms with van der Waals surface area (Å²) in [6, 6.07) is 10.7. The van der Waals surface area contributed by atoms with Gasteiger partial charge < -0.3 is 23.7 Å². The third-order valence-electron chi connectivity index (χ3n) is 3.93. The molecular weight excluding hydrogens is 384 g/mol. The molecule has 0 atom stereocenters. The first-order chi connectivity index (χ1) is 13.6. The number of rotatable bonds is 7. The second-order valence-corrected chi connectivity index (χ2v) is 6.11. The third-order valence-corrected chi connectivity index (χ3v) is 4.26. The van der Waals surface area contributed by atoms with Crippen molar-refractivity contribution in [2.75, 3.05) is 27.6 Å². The van der Waals surface area contributed by atoms with Gasteiger partial charge in [0.25, 0.3) is 0 Å². The van der Waals surface area contributed by atoms with Gasteiger partial charge in [-0.05, 0) is 47.5 Å². The predicted octanol–water partition coefficient (Wildman–Crippen LogP) is 4.27. The summed E-state index contributed by atoms with van der Waals surface area (Å²) in [5.41, 5.74) is 1.53. The average molecular weight is 403 g/mol. The molecule has 0 fully saturated rings. The molecule has 0 unspecified atom stereocenters. The predicted molar refractivity (Wildman–Crippen MR) is 106 cm³/mol. The summed E-state index contributed by atoms with van der Waals surface area (Å²) < 4.78 is 26.1. The Hall–Kier alpha value is -3.12. The Bertz CT molecular complexity index is 919. The summed E-state index contributed by atoms with van der Waals surface area (Å²) >= 11 is 6.19. The molecular formula is C21H19ClO6. The molecule has 0 N–H and O–H groups in total. The summed E-state index contributed by atoms with van der Waals surface area (Å²) in [7, 11) is 3.15. The largest absolute Gasteiger partial charge is 0.493 e. The molecule has 7 heteroatoms. The Morgan fingerprint density at radius 2 is 1.86 bits per heavy atom. The minimum atomic E-state index is -0.542. The van der Waals surface area contributed by atoms with Gasteiger partial charge in [-0.15, -0.1) is 0 Å². The molecule has 146 valence electrons. The number of hydrogen-bond donors (Lipinski definition) is 0. The highest BCUT2D eigenvalue weighted by molar-refractivity contribution is 6.50. The highest BCUT2D eigenvalue weighted by Crippen LogP contribution is 2.35. The normalized spacial score (nSPS) is 12.9. The van der Waals surface area contributed by atoms with Crippen molar-refractivity contribution in [3.63, 3.8) is 0 Å². The lowest BCUT2D eigenvalue weighted by Crippen LogP contribution is -2.00. The molecule has 1 aliphatic heterocycles. The van der Waals surface area contributed by atoms with E-state index in [1.807, 2.05) is 18.2 Å². The molecule has 0 saturated heterocycles. The van der Waals surface area contributed by atoms with E-state index in [1.54, 1.807) is 44.6 Å². The summed E-state index contributed by atoms with van der Waals surface area (Å²) in [6.07, 6.45) is 4.77. The molecule has 0 spiro atoms. The van der Waals surface area contributed by atoms with E-state index < -0.39 is 5.97 Å². The molecule has 1 heterocycles. The SMILES string of the molecule is COc1ccc(/C=C\COC(=O)/C=C(/Cl)c2ccc3c(c2)OCO3)cc1OC. The van der Waals surface area contributed by atoms with E-state index in [0.29, 0.717) is 28.6 Å². The van der Waals surface area contributed by atoms with Crippen LogP contribution < -0.4 is 18.9 Å². The Balaban J connectivity index is 1.55. The van der Waals surface area contributed by atoms with Gasteiger partial charge in [-0.2, -0.15) is 0 Å². The Morgan fingerprint density at radius 1 is 1.07 bits per heavy atom. The van der Waals surface area contributed by atoms with E-state index in [2.05, 4.69) is 0 Å². The van der Waals surface area contributed by atoms with E-state index in [9.17, 15) is 4.79 Å². The molecule has 2 aromatic rings. The first-order valence-corrected chi connectivity index (χ1v) is 8.81. The van der Waals surface area contributed by atoms with Gasteiger partial charge in [-0.25, -0.2) is 4.79 Å². The fourth-order valence-corrected chi connectivity index (χ4v) is 2.75. The summed E-state index contributed by atoms with van der Waals surface area (Å²) in [4.78, 5) is 11.9. The number of ether oxygens (including phenoxy) is 5. The standard InChI is InChI=1S/C21H19ClO6/c1-24-17-7-5-14(10-19(17)25-2)4-3-9-26-21(23)12-16(22)15-6-8-18-20(11-15)28-13-27-18/h3-8,10-12H,9,13H2,1-2H3/b4-3-,16-12+. The van der Waals surface area contributed by atoms with Crippen molar-refractivity contribution < 1.29 is 28.5 Å². The zero-order valence-electron chi connectivity index (χ0n) is 15.4. The van der Waals surface area contributed by atoms with Crippen LogP contribution in [0.4, 0.5) is 0 Å². The highest BCUT2D eigenvalue weighted by atomic mass is 35.5. The van der Waals surface area contributed by atoms with Crippen molar-refractivity contribution in [3.8, 4) is 23.0 Å². The van der Waals surface area contributed by atoms with Crippen molar-refractivity contribution in [1.29, 1.82) is 0 Å². The van der Waals surface area contributed by atoms with Crippen LogP contribution in [-0.4, -0.2) is 33.6 Å². The molecule has 0 amide bonds. The van der Waals surface area contributed by atoms with Crippen LogP contribution in [0.25, 0.3) is 11.1 Å². The van der Waals surface area contributed by atoms with Crippen LogP contribution in [0.15, 0.2) is 48.6 Å². The smallest absolute Gasteiger partial charge is 0.332 e. The van der Waals surface area contributed by atoms with Gasteiger partial charge in [0, 0.05) is 6.08 Å². The maximum Gasteiger partial charge on any atom is 0.332 e. The van der Waals surface area contributed by atoms with Gasteiger partial charge in [0.1, 0.15) is 6.61 Å². The molecule has 0 aliphatic carbocycles. The van der Waals surface area contributed by atoms with Crippen LogP contribution in [0.5, 0.6) is 23.0 Å². The molecule has 0 radical (unpaired) electrons. The van der Waals surface area contributed by atoms with E-state index in [-0.39, 0.29) is 18.4 Å². The lowest BCUT2D eigenvalue weighted by molar-refractivity contribution is -0.136. The highest BCUT2D eigenvalue weighted by Gasteiger charge is 2.14. The lowest BCUT2D eigenvalue weighted by Gasteiger charge is -2.07. The van der Waals surface area contributed by atoms with E-state index in [0.717, 1.165) is 5.56 Å². The van der Waals surface area contributed by atoms with Crippen LogP contribution in [0, 0.1) is 0 Å². The number of benzene rings is 2. The van der Waals surface area contributed by atoms with E-state index in [4.69, 9.17) is 35.3 Å². The molecule has 2 aromatic carbocycles. The molecule has 3 rings (SSSR count). The van der Waals surface area contributed by atoms with Crippen molar-refractivity contribution >= 4 is 28.7 Å². The summed E-state index contributed by atoms with van der Waals surface area (Å²) in [5, 5.41) is 0.257. The first kappa shape index (κ1) is 19.6. The Kier molecular flexibility index (Phi) is 6.45. The molecule has 6 nitrogen and oxygen atoms in total. The molecule has 28 heavy (non-hydrogen) atoms. The van der Waals surface area contributed by atoms with Gasteiger partial charge in [-0.1, -0.05) is 23.7 Å². The topological polar surface area (TPSA) is 63.2 Å². The maximum atomic E-state index is 11.9. The Morgan fingerprint density at radius 3 is 2.64 bits per heavy atom. The number of hydrogen-bond acceptors (Lipinski definition) is 6. The van der Waals surface area contributed by atoms with Gasteiger partial charge in [0.15, 0.2) is 23.0 Å². The minimum Gasteiger partial charge on any atom is -0.493 e. The number of fused-ring (bicyclic) bond motifs is 1. The van der Waals surface area contributed by atoms with Crippen molar-refractivity contribution in [3.05, 3.63) is 59.7 Å². The Labute approximate surface area is 167 Å². The van der Waals surface area contributed by atoms with Crippen molar-refractivity contribution in [2.24, 2.45) is 0 Å².